The first-order valence-electron chi connectivity index (χ1n) is 4.72. The zero-order valence-electron chi connectivity index (χ0n) is 8.87. The first kappa shape index (κ1) is 10.6. The monoisotopic (exact) mass is 192 g/mol. The van der Waals surface area contributed by atoms with Crippen LogP contribution in [0.4, 0.5) is 5.69 Å². The Bertz CT molecular complexity index is 306. The van der Waals surface area contributed by atoms with E-state index < -0.39 is 0 Å². The van der Waals surface area contributed by atoms with E-state index in [-0.39, 0.29) is 5.91 Å². The topological polar surface area (TPSA) is 32.3 Å². The highest BCUT2D eigenvalue weighted by molar-refractivity contribution is 5.94. The number of anilines is 1. The van der Waals surface area contributed by atoms with Crippen molar-refractivity contribution in [3.63, 3.8) is 0 Å². The van der Waals surface area contributed by atoms with Crippen molar-refractivity contribution in [2.45, 2.75) is 6.92 Å². The fraction of sp³-hybridized carbons (Fsp3) is 0.364. The van der Waals surface area contributed by atoms with E-state index in [2.05, 4.69) is 17.1 Å². The van der Waals surface area contributed by atoms with E-state index in [0.29, 0.717) is 5.56 Å². The van der Waals surface area contributed by atoms with Crippen LogP contribution >= 0.6 is 0 Å². The summed E-state index contributed by atoms with van der Waals surface area (Å²) in [6.45, 7) is 3.05. The molecular weight excluding hydrogens is 176 g/mol. The molecule has 0 heterocycles. The molecule has 0 aliphatic heterocycles. The molecule has 3 heteroatoms. The molecule has 0 fully saturated rings. The number of nitrogens with zero attached hydrogens (tertiary/aromatic N) is 1. The maximum absolute atomic E-state index is 11.2. The molecule has 1 N–H and O–H groups in total. The molecule has 0 saturated carbocycles. The maximum Gasteiger partial charge on any atom is 0.251 e. The molecule has 1 amide bonds. The van der Waals surface area contributed by atoms with E-state index in [1.165, 1.54) is 0 Å². The molecule has 1 aromatic rings. The Kier molecular flexibility index (Phi) is 3.51. The van der Waals surface area contributed by atoms with Crippen molar-refractivity contribution in [2.75, 3.05) is 25.5 Å². The van der Waals surface area contributed by atoms with Gasteiger partial charge in [-0.15, -0.1) is 0 Å². The van der Waals surface area contributed by atoms with Gasteiger partial charge in [-0.3, -0.25) is 4.79 Å². The predicted molar refractivity (Wildman–Crippen MR) is 58.8 cm³/mol. The third-order valence-corrected chi connectivity index (χ3v) is 2.27. The fourth-order valence-corrected chi connectivity index (χ4v) is 1.19. The first-order chi connectivity index (χ1) is 6.69. The lowest BCUT2D eigenvalue weighted by atomic mass is 10.2. The van der Waals surface area contributed by atoms with Gasteiger partial charge in [-0.2, -0.15) is 0 Å². The average molecular weight is 192 g/mol. The van der Waals surface area contributed by atoms with Crippen molar-refractivity contribution in [2.24, 2.45) is 0 Å². The SMILES string of the molecule is CCN(C)c1ccc(C(=O)NC)cc1. The predicted octanol–water partition coefficient (Wildman–Crippen LogP) is 1.50. The number of rotatable bonds is 3. The molecule has 0 radical (unpaired) electrons. The average Bonchev–Trinajstić information content (AvgIpc) is 2.27. The lowest BCUT2D eigenvalue weighted by Gasteiger charge is -2.16. The number of amides is 1. The summed E-state index contributed by atoms with van der Waals surface area (Å²) in [7, 11) is 3.66. The zero-order valence-corrected chi connectivity index (χ0v) is 8.87. The van der Waals surface area contributed by atoms with Crippen molar-refractivity contribution in [1.29, 1.82) is 0 Å². The molecule has 0 atom stereocenters. The summed E-state index contributed by atoms with van der Waals surface area (Å²) >= 11 is 0. The van der Waals surface area contributed by atoms with E-state index >= 15 is 0 Å². The lowest BCUT2D eigenvalue weighted by molar-refractivity contribution is 0.0963. The third-order valence-electron chi connectivity index (χ3n) is 2.27. The van der Waals surface area contributed by atoms with Crippen molar-refractivity contribution in [3.8, 4) is 0 Å². The van der Waals surface area contributed by atoms with Crippen LogP contribution in [0.1, 0.15) is 17.3 Å². The normalized spacial score (nSPS) is 9.64. The van der Waals surface area contributed by atoms with E-state index in [1.807, 2.05) is 31.3 Å². The third kappa shape index (κ3) is 2.25. The first-order valence-corrected chi connectivity index (χ1v) is 4.72. The summed E-state index contributed by atoms with van der Waals surface area (Å²) in [5.41, 5.74) is 1.82. The molecule has 0 saturated heterocycles. The minimum Gasteiger partial charge on any atom is -0.375 e. The summed E-state index contributed by atoms with van der Waals surface area (Å²) in [4.78, 5) is 13.4. The van der Waals surface area contributed by atoms with Gasteiger partial charge in [0.05, 0.1) is 0 Å². The molecule has 0 aromatic heterocycles. The number of carbonyl (C=O) groups is 1. The summed E-state index contributed by atoms with van der Waals surface area (Å²) < 4.78 is 0. The van der Waals surface area contributed by atoms with Crippen LogP contribution in [-0.2, 0) is 0 Å². The Balaban J connectivity index is 2.83. The van der Waals surface area contributed by atoms with Gasteiger partial charge in [0.15, 0.2) is 0 Å². The van der Waals surface area contributed by atoms with Gasteiger partial charge in [-0.05, 0) is 31.2 Å². The Morgan fingerprint density at radius 1 is 1.36 bits per heavy atom. The molecule has 76 valence electrons. The van der Waals surface area contributed by atoms with Crippen LogP contribution in [0.5, 0.6) is 0 Å². The Morgan fingerprint density at radius 2 is 1.93 bits per heavy atom. The molecule has 0 bridgehead atoms. The smallest absolute Gasteiger partial charge is 0.251 e. The second-order valence-corrected chi connectivity index (χ2v) is 3.14. The second-order valence-electron chi connectivity index (χ2n) is 3.14. The molecule has 1 aromatic carbocycles. The number of hydrogen-bond donors (Lipinski definition) is 1. The summed E-state index contributed by atoms with van der Waals surface area (Å²) in [5.74, 6) is -0.0456. The molecule has 0 aliphatic rings. The van der Waals surface area contributed by atoms with E-state index in [0.717, 1.165) is 12.2 Å². The van der Waals surface area contributed by atoms with Gasteiger partial charge in [0.2, 0.25) is 0 Å². The van der Waals surface area contributed by atoms with Crippen molar-refractivity contribution >= 4 is 11.6 Å². The van der Waals surface area contributed by atoms with Gasteiger partial charge >= 0.3 is 0 Å². The van der Waals surface area contributed by atoms with Gasteiger partial charge in [0.25, 0.3) is 5.91 Å². The quantitative estimate of drug-likeness (QED) is 0.787. The van der Waals surface area contributed by atoms with Crippen molar-refractivity contribution in [1.82, 2.24) is 5.32 Å². The van der Waals surface area contributed by atoms with Gasteiger partial charge in [-0.25, -0.2) is 0 Å². The second kappa shape index (κ2) is 4.65. The fourth-order valence-electron chi connectivity index (χ4n) is 1.19. The largest absolute Gasteiger partial charge is 0.375 e. The minimum absolute atomic E-state index is 0.0456. The van der Waals surface area contributed by atoms with Crippen LogP contribution in [0.15, 0.2) is 24.3 Å². The van der Waals surface area contributed by atoms with Gasteiger partial charge < -0.3 is 10.2 Å². The Hall–Kier alpha value is -1.51. The minimum atomic E-state index is -0.0456. The Morgan fingerprint density at radius 3 is 2.36 bits per heavy atom. The number of benzene rings is 1. The van der Waals surface area contributed by atoms with Crippen molar-refractivity contribution in [3.05, 3.63) is 29.8 Å². The Labute approximate surface area is 84.7 Å². The molecule has 0 spiro atoms. The van der Waals surface area contributed by atoms with Crippen LogP contribution in [0.2, 0.25) is 0 Å². The van der Waals surface area contributed by atoms with Crippen LogP contribution in [0, 0.1) is 0 Å². The van der Waals surface area contributed by atoms with Crippen molar-refractivity contribution < 1.29 is 4.79 Å². The standard InChI is InChI=1S/C11H16N2O/c1-4-13(3)10-7-5-9(6-8-10)11(14)12-2/h5-8H,4H2,1-3H3,(H,12,14). The number of nitrogens with one attached hydrogen (secondary N) is 1. The highest BCUT2D eigenvalue weighted by Gasteiger charge is 2.03. The van der Waals surface area contributed by atoms with Gasteiger partial charge in [-0.1, -0.05) is 0 Å². The van der Waals surface area contributed by atoms with Gasteiger partial charge in [0, 0.05) is 31.9 Å². The van der Waals surface area contributed by atoms with Crippen LogP contribution < -0.4 is 10.2 Å². The van der Waals surface area contributed by atoms with E-state index in [9.17, 15) is 4.79 Å². The number of hydrogen-bond acceptors (Lipinski definition) is 2. The summed E-state index contributed by atoms with van der Waals surface area (Å²) in [5, 5.41) is 2.59. The summed E-state index contributed by atoms with van der Waals surface area (Å²) in [6, 6.07) is 7.57. The number of carbonyl (C=O) groups excluding carboxylic acids is 1. The molecule has 14 heavy (non-hydrogen) atoms. The summed E-state index contributed by atoms with van der Waals surface area (Å²) in [6.07, 6.45) is 0. The molecular formula is C11H16N2O. The zero-order chi connectivity index (χ0) is 10.6. The lowest BCUT2D eigenvalue weighted by Crippen LogP contribution is -2.19. The van der Waals surface area contributed by atoms with Crippen LogP contribution in [0.3, 0.4) is 0 Å². The highest BCUT2D eigenvalue weighted by atomic mass is 16.1. The highest BCUT2D eigenvalue weighted by Crippen LogP contribution is 2.13. The maximum atomic E-state index is 11.2. The van der Waals surface area contributed by atoms with Crippen LogP contribution in [0.25, 0.3) is 0 Å². The molecule has 0 aliphatic carbocycles. The van der Waals surface area contributed by atoms with Gasteiger partial charge in [0.1, 0.15) is 0 Å². The molecule has 0 unspecified atom stereocenters. The molecule has 3 nitrogen and oxygen atoms in total. The van der Waals surface area contributed by atoms with E-state index in [4.69, 9.17) is 0 Å². The molecule has 1 rings (SSSR count). The van der Waals surface area contributed by atoms with Crippen LogP contribution in [-0.4, -0.2) is 26.5 Å². The van der Waals surface area contributed by atoms with E-state index in [1.54, 1.807) is 7.05 Å².